The van der Waals surface area contributed by atoms with Crippen LogP contribution in [0.5, 0.6) is 0 Å². The molecule has 1 N–H and O–H groups in total. The Hall–Kier alpha value is -1.16. The standard InChI is InChI=1S/C15H23N3S/c1-12(2)8-5-3-4-6-11-18-14-13(17-15(18)19)9-7-10-16-14/h7,9-10,12H,3-6,8,11H2,1-2H3,(H,17,19). The molecule has 3 nitrogen and oxygen atoms in total. The first kappa shape index (κ1) is 14.3. The maximum absolute atomic E-state index is 5.36. The first-order chi connectivity index (χ1) is 9.18. The molecule has 4 heteroatoms. The van der Waals surface area contributed by atoms with Gasteiger partial charge in [0.1, 0.15) is 0 Å². The number of unbranched alkanes of at least 4 members (excludes halogenated alkanes) is 3. The van der Waals surface area contributed by atoms with E-state index in [0.717, 1.165) is 28.4 Å². The molecule has 0 bridgehead atoms. The number of H-pyrrole nitrogens is 1. The largest absolute Gasteiger partial charge is 0.329 e. The van der Waals surface area contributed by atoms with Crippen LogP contribution in [0.15, 0.2) is 18.3 Å². The Morgan fingerprint density at radius 1 is 1.26 bits per heavy atom. The molecule has 19 heavy (non-hydrogen) atoms. The molecule has 0 aliphatic rings. The minimum absolute atomic E-state index is 0.788. The predicted molar refractivity (Wildman–Crippen MR) is 82.8 cm³/mol. The normalized spacial score (nSPS) is 11.5. The highest BCUT2D eigenvalue weighted by atomic mass is 32.1. The molecule has 0 aliphatic carbocycles. The van der Waals surface area contributed by atoms with E-state index in [-0.39, 0.29) is 0 Å². The van der Waals surface area contributed by atoms with Gasteiger partial charge < -0.3 is 9.55 Å². The van der Waals surface area contributed by atoms with Crippen LogP contribution < -0.4 is 0 Å². The van der Waals surface area contributed by atoms with Gasteiger partial charge >= 0.3 is 0 Å². The van der Waals surface area contributed by atoms with Crippen LogP contribution in [-0.2, 0) is 6.54 Å². The van der Waals surface area contributed by atoms with Gasteiger partial charge in [0.05, 0.1) is 5.52 Å². The number of pyridine rings is 1. The van der Waals surface area contributed by atoms with Crippen molar-refractivity contribution in [3.8, 4) is 0 Å². The van der Waals surface area contributed by atoms with Crippen molar-refractivity contribution in [2.45, 2.75) is 52.5 Å². The lowest BCUT2D eigenvalue weighted by molar-refractivity contribution is 0.506. The van der Waals surface area contributed by atoms with Crippen molar-refractivity contribution in [3.63, 3.8) is 0 Å². The Kier molecular flexibility index (Phi) is 5.14. The van der Waals surface area contributed by atoms with E-state index in [0.29, 0.717) is 0 Å². The number of aromatic nitrogens is 3. The maximum atomic E-state index is 5.36. The number of nitrogens with one attached hydrogen (secondary N) is 1. The van der Waals surface area contributed by atoms with Gasteiger partial charge in [0.25, 0.3) is 0 Å². The number of aromatic amines is 1. The topological polar surface area (TPSA) is 33.6 Å². The fraction of sp³-hybridized carbons (Fsp3) is 0.600. The van der Waals surface area contributed by atoms with Crippen LogP contribution in [0.2, 0.25) is 0 Å². The summed E-state index contributed by atoms with van der Waals surface area (Å²) in [5.41, 5.74) is 2.02. The second kappa shape index (κ2) is 6.85. The van der Waals surface area contributed by atoms with Crippen molar-refractivity contribution in [2.75, 3.05) is 0 Å². The molecule has 2 aromatic heterocycles. The number of rotatable bonds is 7. The molecule has 2 heterocycles. The van der Waals surface area contributed by atoms with E-state index < -0.39 is 0 Å². The van der Waals surface area contributed by atoms with E-state index in [9.17, 15) is 0 Å². The molecule has 0 aromatic carbocycles. The summed E-state index contributed by atoms with van der Waals surface area (Å²) < 4.78 is 2.91. The Morgan fingerprint density at radius 3 is 2.84 bits per heavy atom. The number of aryl methyl sites for hydroxylation is 1. The first-order valence-corrected chi connectivity index (χ1v) is 7.63. The molecule has 2 rings (SSSR count). The van der Waals surface area contributed by atoms with Gasteiger partial charge in [-0.25, -0.2) is 4.98 Å². The fourth-order valence-corrected chi connectivity index (χ4v) is 2.66. The molecule has 2 aromatic rings. The third-order valence-electron chi connectivity index (χ3n) is 3.44. The monoisotopic (exact) mass is 277 g/mol. The summed E-state index contributed by atoms with van der Waals surface area (Å²) in [6.07, 6.45) is 8.28. The molecular weight excluding hydrogens is 254 g/mol. The number of fused-ring (bicyclic) bond motifs is 1. The second-order valence-corrected chi connectivity index (χ2v) is 5.94. The number of hydrogen-bond donors (Lipinski definition) is 1. The Balaban J connectivity index is 1.85. The Bertz CT molecular complexity index is 568. The quantitative estimate of drug-likeness (QED) is 0.588. The van der Waals surface area contributed by atoms with Gasteiger partial charge in [-0.15, -0.1) is 0 Å². The molecule has 0 spiro atoms. The summed E-state index contributed by atoms with van der Waals surface area (Å²) in [7, 11) is 0. The van der Waals surface area contributed by atoms with E-state index in [4.69, 9.17) is 12.2 Å². The molecular formula is C15H23N3S. The van der Waals surface area contributed by atoms with Crippen LogP contribution in [-0.4, -0.2) is 14.5 Å². The fourth-order valence-electron chi connectivity index (χ4n) is 2.37. The summed E-state index contributed by atoms with van der Waals surface area (Å²) in [5, 5.41) is 0. The smallest absolute Gasteiger partial charge is 0.179 e. The third kappa shape index (κ3) is 3.90. The number of nitrogens with zero attached hydrogens (tertiary/aromatic N) is 2. The van der Waals surface area contributed by atoms with Crippen LogP contribution in [0.4, 0.5) is 0 Å². The molecule has 0 saturated carbocycles. The number of hydrogen-bond acceptors (Lipinski definition) is 2. The molecule has 0 unspecified atom stereocenters. The van der Waals surface area contributed by atoms with Gasteiger partial charge in [-0.3, -0.25) is 0 Å². The lowest BCUT2D eigenvalue weighted by Crippen LogP contribution is -1.99. The van der Waals surface area contributed by atoms with Crippen LogP contribution in [0, 0.1) is 10.7 Å². The average Bonchev–Trinajstić information content (AvgIpc) is 2.69. The predicted octanol–water partition coefficient (Wildman–Crippen LogP) is 4.70. The van der Waals surface area contributed by atoms with Crippen molar-refractivity contribution in [1.82, 2.24) is 14.5 Å². The lowest BCUT2D eigenvalue weighted by atomic mass is 10.0. The summed E-state index contributed by atoms with van der Waals surface area (Å²) in [6.45, 7) is 5.55. The molecule has 0 radical (unpaired) electrons. The maximum Gasteiger partial charge on any atom is 0.179 e. The van der Waals surface area contributed by atoms with E-state index in [2.05, 4.69) is 28.4 Å². The van der Waals surface area contributed by atoms with E-state index >= 15 is 0 Å². The Labute approximate surface area is 120 Å². The van der Waals surface area contributed by atoms with Crippen molar-refractivity contribution in [2.24, 2.45) is 5.92 Å². The SMILES string of the molecule is CC(C)CCCCCCn1c(=S)[nH]c2cccnc21. The van der Waals surface area contributed by atoms with Gasteiger partial charge in [0, 0.05) is 12.7 Å². The van der Waals surface area contributed by atoms with Gasteiger partial charge in [0.2, 0.25) is 0 Å². The average molecular weight is 277 g/mol. The van der Waals surface area contributed by atoms with Crippen LogP contribution in [0.25, 0.3) is 11.2 Å². The highest BCUT2D eigenvalue weighted by molar-refractivity contribution is 7.71. The zero-order valence-electron chi connectivity index (χ0n) is 11.9. The van der Waals surface area contributed by atoms with Gasteiger partial charge in [0.15, 0.2) is 10.4 Å². The van der Waals surface area contributed by atoms with Crippen molar-refractivity contribution in [1.29, 1.82) is 0 Å². The van der Waals surface area contributed by atoms with Gasteiger partial charge in [-0.05, 0) is 36.7 Å². The molecule has 0 atom stereocenters. The van der Waals surface area contributed by atoms with Gasteiger partial charge in [-0.2, -0.15) is 0 Å². The highest BCUT2D eigenvalue weighted by Crippen LogP contribution is 2.14. The minimum Gasteiger partial charge on any atom is -0.329 e. The van der Waals surface area contributed by atoms with Crippen LogP contribution >= 0.6 is 12.2 Å². The summed E-state index contributed by atoms with van der Waals surface area (Å²) in [5.74, 6) is 0.825. The molecule has 0 fully saturated rings. The highest BCUT2D eigenvalue weighted by Gasteiger charge is 2.04. The molecule has 0 saturated heterocycles. The molecule has 104 valence electrons. The third-order valence-corrected chi connectivity index (χ3v) is 3.76. The van der Waals surface area contributed by atoms with Gasteiger partial charge in [-0.1, -0.05) is 39.5 Å². The summed E-state index contributed by atoms with van der Waals surface area (Å²) in [6, 6.07) is 3.96. The zero-order chi connectivity index (χ0) is 13.7. The summed E-state index contributed by atoms with van der Waals surface area (Å²) in [4.78, 5) is 7.61. The van der Waals surface area contributed by atoms with Crippen molar-refractivity contribution < 1.29 is 0 Å². The van der Waals surface area contributed by atoms with Crippen molar-refractivity contribution in [3.05, 3.63) is 23.1 Å². The lowest BCUT2D eigenvalue weighted by Gasteiger charge is -2.05. The molecule has 0 aliphatic heterocycles. The second-order valence-electron chi connectivity index (χ2n) is 5.55. The minimum atomic E-state index is 0.788. The van der Waals surface area contributed by atoms with Crippen LogP contribution in [0.1, 0.15) is 46.0 Å². The van der Waals surface area contributed by atoms with E-state index in [1.54, 1.807) is 0 Å². The number of imidazole rings is 1. The van der Waals surface area contributed by atoms with Crippen LogP contribution in [0.3, 0.4) is 0 Å². The van der Waals surface area contributed by atoms with Crippen molar-refractivity contribution >= 4 is 23.4 Å². The summed E-state index contributed by atoms with van der Waals surface area (Å²) >= 11 is 5.36. The Morgan fingerprint density at radius 2 is 2.05 bits per heavy atom. The van der Waals surface area contributed by atoms with E-state index in [1.165, 1.54) is 32.1 Å². The zero-order valence-corrected chi connectivity index (χ0v) is 12.7. The van der Waals surface area contributed by atoms with E-state index in [1.807, 2.05) is 18.3 Å². The first-order valence-electron chi connectivity index (χ1n) is 7.22. The molecule has 0 amide bonds.